The van der Waals surface area contributed by atoms with E-state index in [1.54, 1.807) is 0 Å². The van der Waals surface area contributed by atoms with E-state index in [2.05, 4.69) is 5.32 Å². The molecule has 1 fully saturated rings. The molecule has 19 heavy (non-hydrogen) atoms. The van der Waals surface area contributed by atoms with Crippen LogP contribution in [0.25, 0.3) is 0 Å². The van der Waals surface area contributed by atoms with Crippen LogP contribution in [0.1, 0.15) is 13.3 Å². The van der Waals surface area contributed by atoms with Crippen molar-refractivity contribution in [1.29, 1.82) is 0 Å². The summed E-state index contributed by atoms with van der Waals surface area (Å²) in [5.74, 6) is -0.380. The molecule has 1 saturated heterocycles. The molecule has 1 amide bonds. The van der Waals surface area contributed by atoms with E-state index in [-0.39, 0.29) is 12.5 Å². The van der Waals surface area contributed by atoms with Crippen LogP contribution in [0.15, 0.2) is 0 Å². The van der Waals surface area contributed by atoms with Crippen LogP contribution in [0.2, 0.25) is 0 Å². The van der Waals surface area contributed by atoms with Crippen molar-refractivity contribution in [1.82, 2.24) is 5.32 Å². The Hall–Kier alpha value is -0.770. The first-order valence-corrected chi connectivity index (χ1v) is 6.22. The fourth-order valence-electron chi connectivity index (χ4n) is 1.90. The zero-order valence-corrected chi connectivity index (χ0v) is 10.9. The van der Waals surface area contributed by atoms with Crippen molar-refractivity contribution in [2.45, 2.75) is 44.0 Å². The van der Waals surface area contributed by atoms with Gasteiger partial charge in [0.15, 0.2) is 6.29 Å². The number of aliphatic hydroxyl groups is 3. The van der Waals surface area contributed by atoms with Gasteiger partial charge >= 0.3 is 0 Å². The summed E-state index contributed by atoms with van der Waals surface area (Å²) in [7, 11) is 0. The van der Waals surface area contributed by atoms with Gasteiger partial charge in [0.1, 0.15) is 24.4 Å². The van der Waals surface area contributed by atoms with E-state index in [1.165, 1.54) is 6.92 Å². The smallest absolute Gasteiger partial charge is 0.217 e. The van der Waals surface area contributed by atoms with Crippen molar-refractivity contribution < 1.29 is 29.6 Å². The zero-order valence-electron chi connectivity index (χ0n) is 10.9. The van der Waals surface area contributed by atoms with Crippen molar-refractivity contribution in [3.05, 3.63) is 0 Å². The minimum atomic E-state index is -1.30. The van der Waals surface area contributed by atoms with Gasteiger partial charge in [0.25, 0.3) is 0 Å². The van der Waals surface area contributed by atoms with Gasteiger partial charge in [0.05, 0.1) is 13.2 Å². The van der Waals surface area contributed by atoms with E-state index in [9.17, 15) is 15.0 Å². The number of hydrogen-bond donors (Lipinski definition) is 5. The number of nitrogens with two attached hydrogens (primary N) is 1. The summed E-state index contributed by atoms with van der Waals surface area (Å²) in [6.07, 6.45) is -3.88. The third kappa shape index (κ3) is 4.37. The predicted molar refractivity (Wildman–Crippen MR) is 65.0 cm³/mol. The normalized spacial score (nSPS) is 35.1. The van der Waals surface area contributed by atoms with Crippen LogP contribution in [-0.4, -0.2) is 71.6 Å². The monoisotopic (exact) mass is 278 g/mol. The van der Waals surface area contributed by atoms with Crippen LogP contribution in [-0.2, 0) is 14.3 Å². The maximum absolute atomic E-state index is 11.1. The minimum Gasteiger partial charge on any atom is -0.394 e. The predicted octanol–water partition coefficient (Wildman–Crippen LogP) is -2.70. The molecular formula is C11H22N2O6. The lowest BCUT2D eigenvalue weighted by molar-refractivity contribution is -0.270. The minimum absolute atomic E-state index is 0.290. The topological polar surface area (TPSA) is 134 Å². The third-order valence-corrected chi connectivity index (χ3v) is 2.88. The molecule has 0 saturated carbocycles. The number of nitrogens with one attached hydrogen (secondary N) is 1. The van der Waals surface area contributed by atoms with E-state index in [0.29, 0.717) is 13.0 Å². The lowest BCUT2D eigenvalue weighted by Crippen LogP contribution is -2.64. The van der Waals surface area contributed by atoms with Gasteiger partial charge in [-0.3, -0.25) is 4.79 Å². The summed E-state index contributed by atoms with van der Waals surface area (Å²) in [6, 6.07) is -0.895. The first-order chi connectivity index (χ1) is 9.01. The molecule has 1 aliphatic rings. The Balaban J connectivity index is 2.71. The highest BCUT2D eigenvalue weighted by atomic mass is 16.7. The summed E-state index contributed by atoms with van der Waals surface area (Å²) >= 11 is 0. The Morgan fingerprint density at radius 3 is 2.63 bits per heavy atom. The molecule has 0 aromatic heterocycles. The van der Waals surface area contributed by atoms with Gasteiger partial charge in [-0.15, -0.1) is 0 Å². The fourth-order valence-corrected chi connectivity index (χ4v) is 1.90. The maximum Gasteiger partial charge on any atom is 0.217 e. The first kappa shape index (κ1) is 16.3. The van der Waals surface area contributed by atoms with Crippen molar-refractivity contribution in [3.8, 4) is 0 Å². The van der Waals surface area contributed by atoms with Gasteiger partial charge in [-0.1, -0.05) is 0 Å². The number of ether oxygens (including phenoxy) is 2. The largest absolute Gasteiger partial charge is 0.394 e. The summed E-state index contributed by atoms with van der Waals surface area (Å²) < 4.78 is 10.7. The molecule has 6 N–H and O–H groups in total. The molecule has 1 unspecified atom stereocenters. The fraction of sp³-hybridized carbons (Fsp3) is 0.909. The summed E-state index contributed by atoms with van der Waals surface area (Å²) in [4.78, 5) is 11.1. The second-order valence-corrected chi connectivity index (χ2v) is 4.45. The van der Waals surface area contributed by atoms with Gasteiger partial charge in [-0.2, -0.15) is 0 Å². The average Bonchev–Trinajstić information content (AvgIpc) is 2.37. The Kier molecular flexibility index (Phi) is 6.63. The highest BCUT2D eigenvalue weighted by molar-refractivity contribution is 5.73. The van der Waals surface area contributed by atoms with Crippen LogP contribution in [0, 0.1) is 0 Å². The second kappa shape index (κ2) is 7.73. The van der Waals surface area contributed by atoms with Crippen LogP contribution in [0.3, 0.4) is 0 Å². The summed E-state index contributed by atoms with van der Waals surface area (Å²) in [5.41, 5.74) is 5.34. The van der Waals surface area contributed by atoms with E-state index < -0.39 is 37.3 Å². The number of rotatable bonds is 6. The third-order valence-electron chi connectivity index (χ3n) is 2.88. The van der Waals surface area contributed by atoms with Gasteiger partial charge in [-0.05, 0) is 13.0 Å². The van der Waals surface area contributed by atoms with Gasteiger partial charge in [0, 0.05) is 6.92 Å². The standard InChI is InChI=1S/C11H22N2O6/c1-6(15)13-8-10(17)9(16)7(5-14)19-11(8)18-4-2-3-12/h7-11,14,16-17H,2-5,12H2,1H3,(H,13,15)/t7?,8-,9+,10-,11-/m1/s1. The lowest BCUT2D eigenvalue weighted by Gasteiger charge is -2.42. The van der Waals surface area contributed by atoms with Crippen LogP contribution < -0.4 is 11.1 Å². The maximum atomic E-state index is 11.1. The highest BCUT2D eigenvalue weighted by Crippen LogP contribution is 2.22. The quantitative estimate of drug-likeness (QED) is 0.334. The van der Waals surface area contributed by atoms with E-state index >= 15 is 0 Å². The van der Waals surface area contributed by atoms with Gasteiger partial charge in [0.2, 0.25) is 5.91 Å². The molecule has 112 valence electrons. The summed E-state index contributed by atoms with van der Waals surface area (Å²) in [5, 5.41) is 31.3. The van der Waals surface area contributed by atoms with Crippen molar-refractivity contribution in [2.24, 2.45) is 5.73 Å². The number of aliphatic hydroxyl groups excluding tert-OH is 3. The van der Waals surface area contributed by atoms with E-state index in [0.717, 1.165) is 0 Å². The molecule has 0 aromatic carbocycles. The lowest BCUT2D eigenvalue weighted by atomic mass is 9.97. The Bertz CT molecular complexity index is 290. The number of hydrogen-bond acceptors (Lipinski definition) is 7. The second-order valence-electron chi connectivity index (χ2n) is 4.45. The molecule has 5 atom stereocenters. The molecule has 1 aliphatic heterocycles. The molecule has 8 heteroatoms. The van der Waals surface area contributed by atoms with Crippen molar-refractivity contribution >= 4 is 5.91 Å². The Labute approximate surface area is 111 Å². The average molecular weight is 278 g/mol. The van der Waals surface area contributed by atoms with E-state index in [1.807, 2.05) is 0 Å². The zero-order chi connectivity index (χ0) is 14.4. The molecule has 8 nitrogen and oxygen atoms in total. The van der Waals surface area contributed by atoms with E-state index in [4.69, 9.17) is 20.3 Å². The van der Waals surface area contributed by atoms with Crippen molar-refractivity contribution in [3.63, 3.8) is 0 Å². The molecule has 0 spiro atoms. The Morgan fingerprint density at radius 2 is 2.11 bits per heavy atom. The number of amides is 1. The SMILES string of the molecule is CC(=O)N[C@H]1[C@H](OCCCN)OC(CO)[C@H](O)[C@@H]1O. The van der Waals surface area contributed by atoms with Gasteiger partial charge in [-0.25, -0.2) is 0 Å². The molecule has 1 rings (SSSR count). The van der Waals surface area contributed by atoms with Gasteiger partial charge < -0.3 is 35.8 Å². The van der Waals surface area contributed by atoms with Crippen LogP contribution in [0.4, 0.5) is 0 Å². The first-order valence-electron chi connectivity index (χ1n) is 6.22. The molecule has 0 bridgehead atoms. The summed E-state index contributed by atoms with van der Waals surface area (Å²) in [6.45, 7) is 1.56. The molecular weight excluding hydrogens is 256 g/mol. The Morgan fingerprint density at radius 1 is 1.42 bits per heavy atom. The molecule has 1 heterocycles. The van der Waals surface area contributed by atoms with Crippen molar-refractivity contribution in [2.75, 3.05) is 19.8 Å². The highest BCUT2D eigenvalue weighted by Gasteiger charge is 2.45. The molecule has 0 radical (unpaired) electrons. The van der Waals surface area contributed by atoms with Crippen LogP contribution >= 0.6 is 0 Å². The number of carbonyl (C=O) groups excluding carboxylic acids is 1. The van der Waals surface area contributed by atoms with Crippen LogP contribution in [0.5, 0.6) is 0 Å². The number of carbonyl (C=O) groups is 1. The molecule has 0 aliphatic carbocycles. The molecule has 0 aromatic rings.